The van der Waals surface area contributed by atoms with Gasteiger partial charge in [0.1, 0.15) is 5.75 Å². The van der Waals surface area contributed by atoms with Crippen molar-refractivity contribution >= 4 is 5.78 Å². The third-order valence-corrected chi connectivity index (χ3v) is 3.08. The van der Waals surface area contributed by atoms with Crippen LogP contribution in [0.15, 0.2) is 42.5 Å². The minimum atomic E-state index is 0.0763. The number of methoxy groups -OCH3 is 2. The van der Waals surface area contributed by atoms with Crippen molar-refractivity contribution in [3.05, 3.63) is 48.0 Å². The van der Waals surface area contributed by atoms with E-state index in [1.54, 1.807) is 50.6 Å². The maximum atomic E-state index is 11.8. The zero-order valence-corrected chi connectivity index (χ0v) is 12.4. The van der Waals surface area contributed by atoms with Gasteiger partial charge in [-0.15, -0.1) is 0 Å². The summed E-state index contributed by atoms with van der Waals surface area (Å²) in [5, 5.41) is 0. The van der Waals surface area contributed by atoms with Gasteiger partial charge in [-0.2, -0.15) is 0 Å². The van der Waals surface area contributed by atoms with Crippen LogP contribution in [0.2, 0.25) is 0 Å². The van der Waals surface area contributed by atoms with Crippen LogP contribution in [0.5, 0.6) is 23.0 Å². The number of benzene rings is 2. The molecule has 0 unspecified atom stereocenters. The highest BCUT2D eigenvalue weighted by molar-refractivity contribution is 5.96. The van der Waals surface area contributed by atoms with Crippen LogP contribution in [0.4, 0.5) is 0 Å². The second-order valence-corrected chi connectivity index (χ2v) is 4.40. The number of hydrogen-bond donors (Lipinski definition) is 0. The molecule has 0 fully saturated rings. The molecule has 110 valence electrons. The molecule has 21 heavy (non-hydrogen) atoms. The van der Waals surface area contributed by atoms with Crippen molar-refractivity contribution in [2.24, 2.45) is 0 Å². The summed E-state index contributed by atoms with van der Waals surface area (Å²) < 4.78 is 16.4. The number of para-hydroxylation sites is 1. The highest BCUT2D eigenvalue weighted by atomic mass is 16.5. The molecule has 0 amide bonds. The number of rotatable bonds is 6. The Morgan fingerprint density at radius 1 is 1.00 bits per heavy atom. The fraction of sp³-hybridized carbons (Fsp3) is 0.235. The predicted molar refractivity (Wildman–Crippen MR) is 80.7 cm³/mol. The van der Waals surface area contributed by atoms with Crippen LogP contribution in [-0.4, -0.2) is 20.0 Å². The van der Waals surface area contributed by atoms with Crippen LogP contribution >= 0.6 is 0 Å². The summed E-state index contributed by atoms with van der Waals surface area (Å²) >= 11 is 0. The molecule has 0 aromatic heterocycles. The molecular formula is C17H18O4. The summed E-state index contributed by atoms with van der Waals surface area (Å²) in [7, 11) is 3.14. The molecule has 0 atom stereocenters. The number of ether oxygens (including phenoxy) is 3. The second-order valence-electron chi connectivity index (χ2n) is 4.40. The Morgan fingerprint density at radius 2 is 1.62 bits per heavy atom. The van der Waals surface area contributed by atoms with E-state index in [9.17, 15) is 4.79 Å². The molecule has 0 N–H and O–H groups in total. The number of carbonyl (C=O) groups excluding carboxylic acids is 1. The Balaban J connectivity index is 2.36. The summed E-state index contributed by atoms with van der Waals surface area (Å²) in [6.07, 6.45) is 0.460. The van der Waals surface area contributed by atoms with Gasteiger partial charge in [0.25, 0.3) is 0 Å². The van der Waals surface area contributed by atoms with Crippen molar-refractivity contribution in [2.75, 3.05) is 14.2 Å². The van der Waals surface area contributed by atoms with E-state index in [4.69, 9.17) is 14.2 Å². The molecule has 0 aliphatic carbocycles. The van der Waals surface area contributed by atoms with Crippen molar-refractivity contribution in [1.29, 1.82) is 0 Å². The Kier molecular flexibility index (Phi) is 4.82. The smallest absolute Gasteiger partial charge is 0.210 e. The zero-order chi connectivity index (χ0) is 15.2. The molecule has 0 spiro atoms. The summed E-state index contributed by atoms with van der Waals surface area (Å²) in [5.41, 5.74) is 0.629. The standard InChI is InChI=1S/C17H18O4/c1-4-14(18)12-7-5-8-13(11-12)21-17-15(19-2)9-6-10-16(17)20-3/h5-11H,4H2,1-3H3. The van der Waals surface area contributed by atoms with Gasteiger partial charge in [0.05, 0.1) is 14.2 Å². The van der Waals surface area contributed by atoms with Crippen LogP contribution in [-0.2, 0) is 0 Å². The van der Waals surface area contributed by atoms with Gasteiger partial charge in [0, 0.05) is 12.0 Å². The summed E-state index contributed by atoms with van der Waals surface area (Å²) in [6.45, 7) is 1.83. The van der Waals surface area contributed by atoms with Gasteiger partial charge in [-0.05, 0) is 24.3 Å². The first kappa shape index (κ1) is 14.9. The average Bonchev–Trinajstić information content (AvgIpc) is 2.54. The summed E-state index contributed by atoms with van der Waals surface area (Å²) in [4.78, 5) is 11.8. The molecule has 4 nitrogen and oxygen atoms in total. The first-order valence-electron chi connectivity index (χ1n) is 6.71. The minimum absolute atomic E-state index is 0.0763. The Labute approximate surface area is 124 Å². The third-order valence-electron chi connectivity index (χ3n) is 3.08. The van der Waals surface area contributed by atoms with Crippen molar-refractivity contribution in [3.8, 4) is 23.0 Å². The molecular weight excluding hydrogens is 268 g/mol. The molecule has 0 saturated carbocycles. The predicted octanol–water partition coefficient (Wildman–Crippen LogP) is 4.09. The zero-order valence-electron chi connectivity index (χ0n) is 12.4. The molecule has 0 saturated heterocycles. The highest BCUT2D eigenvalue weighted by Gasteiger charge is 2.13. The lowest BCUT2D eigenvalue weighted by Crippen LogP contribution is -1.98. The number of hydrogen-bond acceptors (Lipinski definition) is 4. The molecule has 2 rings (SSSR count). The fourth-order valence-electron chi connectivity index (χ4n) is 1.97. The van der Waals surface area contributed by atoms with Crippen LogP contribution in [0.1, 0.15) is 23.7 Å². The quantitative estimate of drug-likeness (QED) is 0.750. The van der Waals surface area contributed by atoms with Crippen LogP contribution in [0.25, 0.3) is 0 Å². The topological polar surface area (TPSA) is 44.8 Å². The van der Waals surface area contributed by atoms with Crippen molar-refractivity contribution in [2.45, 2.75) is 13.3 Å². The largest absolute Gasteiger partial charge is 0.493 e. The number of Topliss-reactive ketones (excluding diaryl/α,β-unsaturated/α-hetero) is 1. The van der Waals surface area contributed by atoms with Crippen LogP contribution in [0, 0.1) is 0 Å². The molecule has 0 bridgehead atoms. The maximum Gasteiger partial charge on any atom is 0.210 e. The Morgan fingerprint density at radius 3 is 2.19 bits per heavy atom. The van der Waals surface area contributed by atoms with E-state index in [1.807, 2.05) is 13.0 Å². The first-order valence-corrected chi connectivity index (χ1v) is 6.71. The van der Waals surface area contributed by atoms with E-state index < -0.39 is 0 Å². The SMILES string of the molecule is CCC(=O)c1cccc(Oc2c(OC)cccc2OC)c1. The molecule has 4 heteroatoms. The molecule has 2 aromatic rings. The summed E-state index contributed by atoms with van der Waals surface area (Å²) in [6, 6.07) is 12.5. The van der Waals surface area contributed by atoms with E-state index >= 15 is 0 Å². The van der Waals surface area contributed by atoms with Crippen LogP contribution < -0.4 is 14.2 Å². The van der Waals surface area contributed by atoms with Gasteiger partial charge in [0.15, 0.2) is 17.3 Å². The normalized spacial score (nSPS) is 10.0. The van der Waals surface area contributed by atoms with Crippen LogP contribution in [0.3, 0.4) is 0 Å². The lowest BCUT2D eigenvalue weighted by Gasteiger charge is -2.14. The van der Waals surface area contributed by atoms with Gasteiger partial charge < -0.3 is 14.2 Å². The molecule has 2 aromatic carbocycles. The maximum absolute atomic E-state index is 11.8. The lowest BCUT2D eigenvalue weighted by atomic mass is 10.1. The Bertz CT molecular complexity index is 612. The molecule has 0 aliphatic heterocycles. The molecule has 0 aliphatic rings. The van der Waals surface area contributed by atoms with E-state index in [2.05, 4.69) is 0 Å². The van der Waals surface area contributed by atoms with Crippen molar-refractivity contribution in [1.82, 2.24) is 0 Å². The van der Waals surface area contributed by atoms with Gasteiger partial charge in [-0.25, -0.2) is 0 Å². The highest BCUT2D eigenvalue weighted by Crippen LogP contribution is 2.39. The first-order chi connectivity index (χ1) is 10.2. The van der Waals surface area contributed by atoms with Crippen molar-refractivity contribution in [3.63, 3.8) is 0 Å². The van der Waals surface area contributed by atoms with Gasteiger partial charge in [-0.3, -0.25) is 4.79 Å². The Hall–Kier alpha value is -2.49. The van der Waals surface area contributed by atoms with E-state index in [1.165, 1.54) is 0 Å². The van der Waals surface area contributed by atoms with Crippen molar-refractivity contribution < 1.29 is 19.0 Å². The summed E-state index contributed by atoms with van der Waals surface area (Å²) in [5.74, 6) is 2.27. The van der Waals surface area contributed by atoms with Gasteiger partial charge >= 0.3 is 0 Å². The minimum Gasteiger partial charge on any atom is -0.493 e. The van der Waals surface area contributed by atoms with E-state index in [-0.39, 0.29) is 5.78 Å². The molecule has 0 radical (unpaired) electrons. The number of ketones is 1. The van der Waals surface area contributed by atoms with E-state index in [0.29, 0.717) is 35.0 Å². The number of carbonyl (C=O) groups is 1. The fourth-order valence-corrected chi connectivity index (χ4v) is 1.97. The van der Waals surface area contributed by atoms with Gasteiger partial charge in [0.2, 0.25) is 5.75 Å². The average molecular weight is 286 g/mol. The van der Waals surface area contributed by atoms with E-state index in [0.717, 1.165) is 0 Å². The second kappa shape index (κ2) is 6.79. The lowest BCUT2D eigenvalue weighted by molar-refractivity contribution is 0.0988. The monoisotopic (exact) mass is 286 g/mol. The third kappa shape index (κ3) is 3.34. The molecule has 0 heterocycles. The van der Waals surface area contributed by atoms with Gasteiger partial charge in [-0.1, -0.05) is 25.1 Å².